The molecule has 0 aliphatic carbocycles. The molecule has 0 saturated carbocycles. The fourth-order valence-electron chi connectivity index (χ4n) is 9.71. The number of fused-ring (bicyclic) bond motifs is 4. The van der Waals surface area contributed by atoms with Gasteiger partial charge < -0.3 is 66.7 Å². The van der Waals surface area contributed by atoms with E-state index in [0.29, 0.717) is 61.5 Å². The molecule has 1 N–H and O–H groups in total. The fraction of sp³-hybridized carbons (Fsp3) is 0.429. The number of hydrogen-bond donors (Lipinski definition) is 1. The van der Waals surface area contributed by atoms with Gasteiger partial charge in [-0.3, -0.25) is 0 Å². The summed E-state index contributed by atoms with van der Waals surface area (Å²) < 4.78 is 75.5. The molecule has 4 aliphatic heterocycles. The van der Waals surface area contributed by atoms with Crippen molar-refractivity contribution in [2.24, 2.45) is 0 Å². The molecule has 0 spiro atoms. The maximum atomic E-state index is 13.4. The molecule has 18 heteroatoms. The Kier molecular flexibility index (Phi) is 21.1. The zero-order valence-corrected chi connectivity index (χ0v) is 47.8. The second kappa shape index (κ2) is 27.9. The van der Waals surface area contributed by atoms with Crippen LogP contribution in [0.25, 0.3) is 12.2 Å². The van der Waals surface area contributed by atoms with Crippen LogP contribution in [0.3, 0.4) is 0 Å². The molecule has 0 aromatic heterocycles. The van der Waals surface area contributed by atoms with Gasteiger partial charge in [-0.05, 0) is 125 Å². The Morgan fingerprint density at radius 1 is 0.531 bits per heavy atom. The lowest BCUT2D eigenvalue weighted by Gasteiger charge is -2.25. The van der Waals surface area contributed by atoms with E-state index in [1.165, 1.54) is 33.5 Å². The summed E-state index contributed by atoms with van der Waals surface area (Å²) in [5, 5.41) is 9.83. The van der Waals surface area contributed by atoms with Gasteiger partial charge >= 0.3 is 23.9 Å². The van der Waals surface area contributed by atoms with Crippen LogP contribution in [0.15, 0.2) is 109 Å². The van der Waals surface area contributed by atoms with E-state index in [2.05, 4.69) is 0 Å². The third kappa shape index (κ3) is 16.4. The summed E-state index contributed by atoms with van der Waals surface area (Å²) >= 11 is 0. The van der Waals surface area contributed by atoms with Crippen LogP contribution in [0.5, 0.6) is 23.0 Å². The first-order chi connectivity index (χ1) is 38.7. The zero-order valence-electron chi connectivity index (χ0n) is 47.8. The Morgan fingerprint density at radius 2 is 0.926 bits per heavy atom. The Hall–Kier alpha value is -7.32. The van der Waals surface area contributed by atoms with Crippen molar-refractivity contribution >= 4 is 36.0 Å². The highest BCUT2D eigenvalue weighted by Gasteiger charge is 2.46. The minimum absolute atomic E-state index is 0.0291. The van der Waals surface area contributed by atoms with E-state index in [-0.39, 0.29) is 34.5 Å². The van der Waals surface area contributed by atoms with E-state index in [0.717, 1.165) is 22.6 Å². The lowest BCUT2D eigenvalue weighted by atomic mass is 9.98. The van der Waals surface area contributed by atoms with Gasteiger partial charge in [0.25, 0.3) is 0 Å². The molecular formula is C63H74O18. The quantitative estimate of drug-likeness (QED) is 0.0794. The Balaban J connectivity index is 0.000000234. The van der Waals surface area contributed by atoms with Crippen molar-refractivity contribution < 1.29 is 85.9 Å². The molecule has 0 bridgehead atoms. The minimum Gasteiger partial charge on any atom is -0.497 e. The third-order valence-corrected chi connectivity index (χ3v) is 13.6. The van der Waals surface area contributed by atoms with Crippen LogP contribution in [0.2, 0.25) is 0 Å². The number of ether oxygens (including phenoxy) is 13. The van der Waals surface area contributed by atoms with Crippen LogP contribution < -0.4 is 18.9 Å². The van der Waals surface area contributed by atoms with Crippen molar-refractivity contribution in [1.82, 2.24) is 0 Å². The van der Waals surface area contributed by atoms with Crippen LogP contribution in [0.1, 0.15) is 131 Å². The number of cyclic esters (lactones) is 2. The predicted octanol–water partition coefficient (Wildman–Crippen LogP) is 10.9. The van der Waals surface area contributed by atoms with E-state index in [4.69, 9.17) is 61.6 Å². The number of carbonyl (C=O) groups excluding carboxylic acids is 3. The molecule has 4 heterocycles. The number of rotatable bonds is 12. The van der Waals surface area contributed by atoms with Gasteiger partial charge in [0.2, 0.25) is 0 Å². The molecule has 434 valence electrons. The van der Waals surface area contributed by atoms with Crippen LogP contribution in [-0.2, 0) is 55.8 Å². The normalized spacial score (nSPS) is 25.4. The predicted molar refractivity (Wildman–Crippen MR) is 300 cm³/mol. The second-order valence-corrected chi connectivity index (χ2v) is 20.6. The summed E-state index contributed by atoms with van der Waals surface area (Å²) in [6.45, 7) is 11.7. The van der Waals surface area contributed by atoms with Crippen molar-refractivity contribution in [1.29, 1.82) is 0 Å². The molecule has 8 atom stereocenters. The van der Waals surface area contributed by atoms with Gasteiger partial charge in [-0.25, -0.2) is 19.2 Å². The Bertz CT molecular complexity index is 2940. The molecule has 4 aliphatic rings. The number of carboxylic acid groups (broad SMARTS) is 1. The number of esters is 3. The molecule has 2 unspecified atom stereocenters. The number of carbonyl (C=O) groups is 4. The molecule has 4 aromatic rings. The summed E-state index contributed by atoms with van der Waals surface area (Å²) in [5.41, 5.74) is 2.78. The van der Waals surface area contributed by atoms with Crippen molar-refractivity contribution in [3.63, 3.8) is 0 Å². The van der Waals surface area contributed by atoms with E-state index >= 15 is 0 Å². The van der Waals surface area contributed by atoms with Gasteiger partial charge in [0, 0.05) is 12.8 Å². The summed E-state index contributed by atoms with van der Waals surface area (Å²) in [6, 6.07) is 21.4. The summed E-state index contributed by atoms with van der Waals surface area (Å²) in [4.78, 5) is 51.2. The zero-order chi connectivity index (χ0) is 58.4. The second-order valence-electron chi connectivity index (χ2n) is 20.6. The maximum absolute atomic E-state index is 13.4. The third-order valence-electron chi connectivity index (χ3n) is 13.6. The molecule has 8 rings (SSSR count). The molecule has 0 amide bonds. The van der Waals surface area contributed by atoms with Crippen LogP contribution in [0.4, 0.5) is 0 Å². The molecule has 0 radical (unpaired) electrons. The number of carboxylic acids is 1. The van der Waals surface area contributed by atoms with Crippen LogP contribution >= 0.6 is 0 Å². The molecule has 4 aromatic carbocycles. The highest BCUT2D eigenvalue weighted by atomic mass is 16.8. The largest absolute Gasteiger partial charge is 0.497 e. The van der Waals surface area contributed by atoms with Crippen LogP contribution in [0, 0.1) is 0 Å². The lowest BCUT2D eigenvalue weighted by Crippen LogP contribution is -2.36. The lowest BCUT2D eigenvalue weighted by molar-refractivity contribution is -0.156. The van der Waals surface area contributed by atoms with Crippen LogP contribution in [-0.4, -0.2) is 125 Å². The number of hydrogen-bond acceptors (Lipinski definition) is 17. The molecule has 18 nitrogen and oxygen atoms in total. The smallest absolute Gasteiger partial charge is 0.339 e. The summed E-state index contributed by atoms with van der Waals surface area (Å²) in [6.07, 6.45) is 13.1. The van der Waals surface area contributed by atoms with Gasteiger partial charge in [-0.15, -0.1) is 0 Å². The highest BCUT2D eigenvalue weighted by molar-refractivity contribution is 6.07. The average molecular weight is 1120 g/mol. The average Bonchev–Trinajstić information content (AvgIpc) is 4.19. The molecular weight excluding hydrogens is 1040 g/mol. The summed E-state index contributed by atoms with van der Waals surface area (Å²) in [5.74, 6) is -2.65. The fourth-order valence-corrected chi connectivity index (χ4v) is 9.71. The van der Waals surface area contributed by atoms with E-state index in [1.54, 1.807) is 52.4 Å². The standard InChI is InChI=1S/C32H38O9.C31H36O9/c1-20-9-7-11-26(38-19-21-13-15-23(35-4)16-14-21)29-27(40-32(2,3)41-29)12-8-10-22-17-24(36-5)18-25(30(33)37-6)28(22)31(34)39-20;1-19-8-6-10-25(37-18-20-12-14-22(35-4)15-13-20)28-26(39-31(2,3)40-28)11-7-9-21-16-23(36-5)17-24(29(32)33)27(21)30(34)38-19/h7-8,10-11,13-18,20,26-27,29H,9,12,19H2,1-6H3;6-7,9-10,12-17,19,25-26,28H,8,11,18H2,1-5H3,(H,32,33)/b10-8?,11-7-;9-7+,10-6-/t20-,26?,27-,29+;19-,25?,26-,28+/m00/s1. The van der Waals surface area contributed by atoms with Gasteiger partial charge in [0.05, 0.1) is 83.2 Å². The molecule has 81 heavy (non-hydrogen) atoms. The Labute approximate surface area is 473 Å². The number of benzene rings is 4. The maximum Gasteiger partial charge on any atom is 0.339 e. The molecule has 2 fully saturated rings. The van der Waals surface area contributed by atoms with Crippen molar-refractivity contribution in [3.05, 3.63) is 154 Å². The monoisotopic (exact) mass is 1120 g/mol. The highest BCUT2D eigenvalue weighted by Crippen LogP contribution is 2.37. The minimum atomic E-state index is -1.25. The first-order valence-corrected chi connectivity index (χ1v) is 26.8. The topological polar surface area (TPSA) is 208 Å². The van der Waals surface area contributed by atoms with Crippen molar-refractivity contribution in [2.75, 3.05) is 35.5 Å². The van der Waals surface area contributed by atoms with Crippen molar-refractivity contribution in [2.45, 2.75) is 141 Å². The first kappa shape index (κ1) is 61.3. The van der Waals surface area contributed by atoms with Gasteiger partial charge in [0.15, 0.2) is 11.6 Å². The Morgan fingerprint density at radius 3 is 1.31 bits per heavy atom. The SMILES string of the molecule is COC(=O)c1cc(OC)cc2c1C(=O)O[C@@H](C)C/C=C\C(OCc1ccc(OC)cc1)[C@H]1OC(C)(C)O[C@H]1CC=C2.COc1ccc(COC2/C=C\C[C@H](C)OC(=O)c3c(cc(OC)cc3C(=O)O)/C=C/C[C@@H]3OC(C)(C)O[C@H]23)cc1. The van der Waals surface area contributed by atoms with Gasteiger partial charge in [-0.2, -0.15) is 0 Å². The van der Waals surface area contributed by atoms with E-state index < -0.39 is 72.1 Å². The number of aromatic carboxylic acids is 1. The number of methoxy groups -OCH3 is 5. The van der Waals surface area contributed by atoms with E-state index in [1.807, 2.05) is 113 Å². The van der Waals surface area contributed by atoms with Gasteiger partial charge in [-0.1, -0.05) is 72.9 Å². The van der Waals surface area contributed by atoms with E-state index in [9.17, 15) is 24.3 Å². The first-order valence-electron chi connectivity index (χ1n) is 26.8. The molecule has 2 saturated heterocycles. The van der Waals surface area contributed by atoms with Crippen molar-refractivity contribution in [3.8, 4) is 23.0 Å². The van der Waals surface area contributed by atoms with Gasteiger partial charge in [0.1, 0.15) is 59.6 Å². The summed E-state index contributed by atoms with van der Waals surface area (Å²) in [7, 11) is 7.44.